The minimum atomic E-state index is 0. The highest BCUT2D eigenvalue weighted by Crippen LogP contribution is 2.23. The lowest BCUT2D eigenvalue weighted by molar-refractivity contribution is 0.487. The Balaban J connectivity index is 0.00000280. The summed E-state index contributed by atoms with van der Waals surface area (Å²) >= 11 is 0. The highest BCUT2D eigenvalue weighted by Gasteiger charge is 2.13. The molecule has 8 heteroatoms. The number of aryl methyl sites for hydroxylation is 1. The van der Waals surface area contributed by atoms with Gasteiger partial charge in [-0.1, -0.05) is 32.0 Å². The van der Waals surface area contributed by atoms with Gasteiger partial charge in [-0.3, -0.25) is 4.99 Å². The van der Waals surface area contributed by atoms with Gasteiger partial charge in [0.2, 0.25) is 0 Å². The van der Waals surface area contributed by atoms with Crippen molar-refractivity contribution < 1.29 is 4.42 Å². The fourth-order valence-corrected chi connectivity index (χ4v) is 2.90. The van der Waals surface area contributed by atoms with Gasteiger partial charge in [-0.15, -0.1) is 34.2 Å². The summed E-state index contributed by atoms with van der Waals surface area (Å²) in [7, 11) is 0. The number of benzene rings is 1. The fourth-order valence-electron chi connectivity index (χ4n) is 2.90. The Hall–Kier alpha value is -2.10. The molecule has 0 aliphatic carbocycles. The van der Waals surface area contributed by atoms with Gasteiger partial charge in [0.15, 0.2) is 5.96 Å². The summed E-state index contributed by atoms with van der Waals surface area (Å²) in [6.07, 6.45) is 3.64. The minimum Gasteiger partial charge on any atom is -0.459 e. The molecule has 0 fully saturated rings. The molecule has 2 aromatic heterocycles. The van der Waals surface area contributed by atoms with Crippen LogP contribution in [0.25, 0.3) is 11.0 Å². The molecule has 0 saturated heterocycles. The monoisotopic (exact) mass is 496 g/mol. The van der Waals surface area contributed by atoms with E-state index in [1.807, 2.05) is 18.2 Å². The summed E-state index contributed by atoms with van der Waals surface area (Å²) in [5.41, 5.74) is 0.904. The van der Waals surface area contributed by atoms with Crippen LogP contribution >= 0.6 is 24.0 Å². The molecule has 0 aliphatic rings. The van der Waals surface area contributed by atoms with Crippen molar-refractivity contribution in [3.63, 3.8) is 0 Å². The number of hydrogen-bond acceptors (Lipinski definition) is 4. The lowest BCUT2D eigenvalue weighted by atomic mass is 10.2. The summed E-state index contributed by atoms with van der Waals surface area (Å²) in [5, 5.41) is 16.0. The first-order chi connectivity index (χ1) is 13.2. The van der Waals surface area contributed by atoms with E-state index in [0.29, 0.717) is 0 Å². The van der Waals surface area contributed by atoms with Gasteiger partial charge in [-0.2, -0.15) is 0 Å². The van der Waals surface area contributed by atoms with Crippen molar-refractivity contribution in [2.75, 3.05) is 13.1 Å². The lowest BCUT2D eigenvalue weighted by Gasteiger charge is -2.17. The fraction of sp³-hybridized carbons (Fsp3) is 0.450. The average molecular weight is 496 g/mol. The van der Waals surface area contributed by atoms with Gasteiger partial charge in [0, 0.05) is 31.4 Å². The third-order valence-corrected chi connectivity index (χ3v) is 4.38. The van der Waals surface area contributed by atoms with Gasteiger partial charge in [0.1, 0.15) is 23.5 Å². The van der Waals surface area contributed by atoms with E-state index in [1.165, 1.54) is 0 Å². The number of halogens is 1. The number of nitrogens with one attached hydrogen (secondary N) is 2. The van der Waals surface area contributed by atoms with Crippen molar-refractivity contribution in [3.05, 3.63) is 48.2 Å². The van der Waals surface area contributed by atoms with E-state index in [-0.39, 0.29) is 30.0 Å². The van der Waals surface area contributed by atoms with Crippen LogP contribution in [0.15, 0.2) is 46.1 Å². The van der Waals surface area contributed by atoms with Crippen molar-refractivity contribution >= 4 is 40.9 Å². The van der Waals surface area contributed by atoms with Crippen molar-refractivity contribution in [3.8, 4) is 0 Å². The van der Waals surface area contributed by atoms with E-state index in [4.69, 9.17) is 4.42 Å². The zero-order valence-electron chi connectivity index (χ0n) is 16.7. The topological polar surface area (TPSA) is 80.3 Å². The first kappa shape index (κ1) is 22.2. The lowest BCUT2D eigenvalue weighted by Crippen LogP contribution is -2.40. The Labute approximate surface area is 183 Å². The number of hydrogen-bond donors (Lipinski definition) is 2. The van der Waals surface area contributed by atoms with Crippen molar-refractivity contribution in [2.45, 2.75) is 46.2 Å². The van der Waals surface area contributed by atoms with Gasteiger partial charge >= 0.3 is 0 Å². The number of para-hydroxylation sites is 1. The maximum Gasteiger partial charge on any atom is 0.191 e. The zero-order valence-corrected chi connectivity index (χ0v) is 19.0. The molecule has 1 aromatic carbocycles. The second-order valence-electron chi connectivity index (χ2n) is 6.50. The maximum absolute atomic E-state index is 5.96. The molecule has 0 radical (unpaired) electrons. The van der Waals surface area contributed by atoms with Crippen LogP contribution in [0.2, 0.25) is 0 Å². The molecule has 2 heterocycles. The highest BCUT2D eigenvalue weighted by molar-refractivity contribution is 14.0. The van der Waals surface area contributed by atoms with Crippen molar-refractivity contribution in [1.82, 2.24) is 25.4 Å². The Kier molecular flexibility index (Phi) is 8.75. The van der Waals surface area contributed by atoms with Gasteiger partial charge in [-0.25, -0.2) is 0 Å². The number of aliphatic imine (C=N–C) groups is 1. The first-order valence-corrected chi connectivity index (χ1v) is 9.61. The standard InChI is InChI=1S/C20H28N6O.HI/c1-4-10-21-20(22-11-12-26-14-23-25-19(26)5-2)24-15(3)18-13-16-8-6-7-9-17(16)27-18;/h6-9,13-15H,4-5,10-12H2,1-3H3,(H2,21,22,24);1H. The van der Waals surface area contributed by atoms with Crippen LogP contribution in [0.3, 0.4) is 0 Å². The van der Waals surface area contributed by atoms with Crippen molar-refractivity contribution in [1.29, 1.82) is 0 Å². The smallest absolute Gasteiger partial charge is 0.191 e. The molecule has 0 amide bonds. The maximum atomic E-state index is 5.96. The summed E-state index contributed by atoms with van der Waals surface area (Å²) in [6.45, 7) is 8.59. The largest absolute Gasteiger partial charge is 0.459 e. The zero-order chi connectivity index (χ0) is 19.1. The van der Waals surface area contributed by atoms with E-state index in [1.54, 1.807) is 6.33 Å². The molecule has 0 spiro atoms. The molecule has 3 rings (SSSR count). The summed E-state index contributed by atoms with van der Waals surface area (Å²) < 4.78 is 8.03. The number of rotatable bonds is 8. The van der Waals surface area contributed by atoms with E-state index >= 15 is 0 Å². The van der Waals surface area contributed by atoms with E-state index in [0.717, 1.165) is 61.0 Å². The molecular weight excluding hydrogens is 467 g/mol. The summed E-state index contributed by atoms with van der Waals surface area (Å²) in [6, 6.07) is 10.1. The Bertz CT molecular complexity index is 855. The second kappa shape index (κ2) is 11.0. The van der Waals surface area contributed by atoms with Gasteiger partial charge in [0.05, 0.1) is 6.04 Å². The predicted octanol–water partition coefficient (Wildman–Crippen LogP) is 3.91. The first-order valence-electron chi connectivity index (χ1n) is 9.61. The van der Waals surface area contributed by atoms with Crippen LogP contribution in [-0.4, -0.2) is 33.8 Å². The number of guanidine groups is 1. The molecule has 0 aliphatic heterocycles. The average Bonchev–Trinajstić information content (AvgIpc) is 3.32. The number of aromatic nitrogens is 3. The summed E-state index contributed by atoms with van der Waals surface area (Å²) in [4.78, 5) is 4.64. The molecule has 3 aromatic rings. The Morgan fingerprint density at radius 3 is 2.86 bits per heavy atom. The number of nitrogens with zero attached hydrogens (tertiary/aromatic N) is 4. The molecule has 1 unspecified atom stereocenters. The minimum absolute atomic E-state index is 0. The van der Waals surface area contributed by atoms with E-state index in [2.05, 4.69) is 63.3 Å². The SMILES string of the molecule is CCCN=C(NCCn1cnnc1CC)NC(C)c1cc2ccccc2o1.I. The van der Waals surface area contributed by atoms with Crippen LogP contribution in [0.4, 0.5) is 0 Å². The quantitative estimate of drug-likeness (QED) is 0.281. The van der Waals surface area contributed by atoms with Crippen LogP contribution in [-0.2, 0) is 13.0 Å². The number of furan rings is 1. The number of fused-ring (bicyclic) bond motifs is 1. The third-order valence-electron chi connectivity index (χ3n) is 4.38. The molecule has 152 valence electrons. The molecule has 0 bridgehead atoms. The highest BCUT2D eigenvalue weighted by atomic mass is 127. The molecule has 2 N–H and O–H groups in total. The predicted molar refractivity (Wildman–Crippen MR) is 123 cm³/mol. The van der Waals surface area contributed by atoms with Crippen LogP contribution in [0.5, 0.6) is 0 Å². The Morgan fingerprint density at radius 1 is 1.29 bits per heavy atom. The van der Waals surface area contributed by atoms with E-state index < -0.39 is 0 Å². The molecular formula is C20H29IN6O. The normalized spacial score (nSPS) is 12.6. The summed E-state index contributed by atoms with van der Waals surface area (Å²) in [5.74, 6) is 2.68. The van der Waals surface area contributed by atoms with E-state index in [9.17, 15) is 0 Å². The second-order valence-corrected chi connectivity index (χ2v) is 6.50. The van der Waals surface area contributed by atoms with Gasteiger partial charge in [-0.05, 0) is 25.5 Å². The molecule has 0 saturated carbocycles. The van der Waals surface area contributed by atoms with Crippen LogP contribution < -0.4 is 10.6 Å². The van der Waals surface area contributed by atoms with Gasteiger partial charge < -0.3 is 19.6 Å². The van der Waals surface area contributed by atoms with Crippen LogP contribution in [0.1, 0.15) is 44.8 Å². The Morgan fingerprint density at radius 2 is 2.11 bits per heavy atom. The van der Waals surface area contributed by atoms with Crippen LogP contribution in [0, 0.1) is 0 Å². The third kappa shape index (κ3) is 5.70. The molecule has 1 atom stereocenters. The molecule has 7 nitrogen and oxygen atoms in total. The molecule has 28 heavy (non-hydrogen) atoms. The van der Waals surface area contributed by atoms with Gasteiger partial charge in [0.25, 0.3) is 0 Å². The van der Waals surface area contributed by atoms with Crippen molar-refractivity contribution in [2.24, 2.45) is 4.99 Å².